The minimum atomic E-state index is -0.712. The summed E-state index contributed by atoms with van der Waals surface area (Å²) in [6.45, 7) is 1.82. The molecule has 1 fully saturated rings. The van der Waals surface area contributed by atoms with Crippen LogP contribution in [0.15, 0.2) is 12.1 Å². The average Bonchev–Trinajstić information content (AvgIpc) is 2.27. The lowest BCUT2D eigenvalue weighted by Crippen LogP contribution is -2.35. The smallest absolute Gasteiger partial charge is 0.151 e. The monoisotopic (exact) mass is 227 g/mol. The highest BCUT2D eigenvalue weighted by atomic mass is 19.1. The molecule has 0 atom stereocenters. The molecule has 1 aliphatic heterocycles. The molecule has 1 saturated heterocycles. The Kier molecular flexibility index (Phi) is 3.24. The van der Waals surface area contributed by atoms with Gasteiger partial charge in [-0.25, -0.2) is 8.78 Å². The number of nitrogen functional groups attached to an aromatic ring is 1. The number of halogens is 2. The maximum atomic E-state index is 13.2. The standard InChI is InChI=1S/C11H15F2N3/c12-7-5-9(13)11(14)10(6-7)16-8-1-3-15-4-2-8/h5-6,8,15-16H,1-4,14H2. The third kappa shape index (κ3) is 2.41. The Morgan fingerprint density at radius 2 is 1.94 bits per heavy atom. The summed E-state index contributed by atoms with van der Waals surface area (Å²) >= 11 is 0. The Hall–Kier alpha value is -1.36. The molecule has 0 bridgehead atoms. The molecule has 5 heteroatoms. The first-order valence-corrected chi connectivity index (χ1v) is 5.38. The van der Waals surface area contributed by atoms with Gasteiger partial charge in [-0.2, -0.15) is 0 Å². The third-order valence-corrected chi connectivity index (χ3v) is 2.79. The highest BCUT2D eigenvalue weighted by Crippen LogP contribution is 2.25. The van der Waals surface area contributed by atoms with Crippen LogP contribution in [0.3, 0.4) is 0 Å². The lowest BCUT2D eigenvalue weighted by atomic mass is 10.1. The van der Waals surface area contributed by atoms with E-state index in [0.29, 0.717) is 5.69 Å². The molecule has 0 radical (unpaired) electrons. The van der Waals surface area contributed by atoms with E-state index >= 15 is 0 Å². The van der Waals surface area contributed by atoms with Crippen molar-refractivity contribution >= 4 is 11.4 Å². The normalized spacial score (nSPS) is 17.4. The van der Waals surface area contributed by atoms with Crippen molar-refractivity contribution in [1.29, 1.82) is 0 Å². The maximum absolute atomic E-state index is 13.2. The summed E-state index contributed by atoms with van der Waals surface area (Å²) in [7, 11) is 0. The second kappa shape index (κ2) is 4.65. The molecule has 1 heterocycles. The van der Waals surface area contributed by atoms with E-state index in [2.05, 4.69) is 10.6 Å². The fourth-order valence-electron chi connectivity index (χ4n) is 1.89. The highest BCUT2D eigenvalue weighted by Gasteiger charge is 2.15. The van der Waals surface area contributed by atoms with Gasteiger partial charge in [0.05, 0.1) is 11.4 Å². The van der Waals surface area contributed by atoms with Gasteiger partial charge in [0.25, 0.3) is 0 Å². The first-order chi connectivity index (χ1) is 7.66. The van der Waals surface area contributed by atoms with Gasteiger partial charge in [-0.3, -0.25) is 0 Å². The number of anilines is 2. The topological polar surface area (TPSA) is 50.1 Å². The number of hydrogen-bond donors (Lipinski definition) is 3. The number of rotatable bonds is 2. The van der Waals surface area contributed by atoms with Gasteiger partial charge < -0.3 is 16.4 Å². The van der Waals surface area contributed by atoms with E-state index < -0.39 is 11.6 Å². The lowest BCUT2D eigenvalue weighted by molar-refractivity contribution is 0.478. The molecule has 0 spiro atoms. The van der Waals surface area contributed by atoms with Crippen LogP contribution in [0.2, 0.25) is 0 Å². The molecule has 1 aliphatic rings. The van der Waals surface area contributed by atoms with Crippen LogP contribution < -0.4 is 16.4 Å². The van der Waals surface area contributed by atoms with Crippen molar-refractivity contribution in [2.45, 2.75) is 18.9 Å². The van der Waals surface area contributed by atoms with E-state index in [-0.39, 0.29) is 11.7 Å². The van der Waals surface area contributed by atoms with Crippen molar-refractivity contribution in [3.8, 4) is 0 Å². The Morgan fingerprint density at radius 1 is 1.25 bits per heavy atom. The van der Waals surface area contributed by atoms with Crippen LogP contribution >= 0.6 is 0 Å². The number of nitrogens with one attached hydrogen (secondary N) is 2. The molecular weight excluding hydrogens is 212 g/mol. The fourth-order valence-corrected chi connectivity index (χ4v) is 1.89. The molecule has 0 unspecified atom stereocenters. The molecule has 88 valence electrons. The lowest BCUT2D eigenvalue weighted by Gasteiger charge is -2.25. The fraction of sp³-hybridized carbons (Fsp3) is 0.455. The summed E-state index contributed by atoms with van der Waals surface area (Å²) in [5.41, 5.74) is 5.89. The van der Waals surface area contributed by atoms with Crippen molar-refractivity contribution in [2.75, 3.05) is 24.1 Å². The average molecular weight is 227 g/mol. The van der Waals surface area contributed by atoms with Gasteiger partial charge in [-0.1, -0.05) is 0 Å². The van der Waals surface area contributed by atoms with Crippen molar-refractivity contribution < 1.29 is 8.78 Å². The predicted octanol–water partition coefficient (Wildman–Crippen LogP) is 1.71. The Bertz CT molecular complexity index is 376. The second-order valence-electron chi connectivity index (χ2n) is 4.02. The molecule has 0 aromatic heterocycles. The van der Waals surface area contributed by atoms with Crippen LogP contribution in [0.25, 0.3) is 0 Å². The van der Waals surface area contributed by atoms with Crippen molar-refractivity contribution in [3.05, 3.63) is 23.8 Å². The summed E-state index contributed by atoms with van der Waals surface area (Å²) < 4.78 is 26.2. The van der Waals surface area contributed by atoms with Crippen molar-refractivity contribution in [2.24, 2.45) is 0 Å². The van der Waals surface area contributed by atoms with Crippen LogP contribution in [0.5, 0.6) is 0 Å². The summed E-state index contributed by atoms with van der Waals surface area (Å²) in [5.74, 6) is -1.32. The zero-order valence-corrected chi connectivity index (χ0v) is 8.89. The zero-order valence-electron chi connectivity index (χ0n) is 8.89. The minimum Gasteiger partial charge on any atom is -0.395 e. The first-order valence-electron chi connectivity index (χ1n) is 5.38. The number of hydrogen-bond acceptors (Lipinski definition) is 3. The molecule has 1 aromatic rings. The van der Waals surface area contributed by atoms with Crippen LogP contribution in [-0.2, 0) is 0 Å². The van der Waals surface area contributed by atoms with Gasteiger partial charge in [0.2, 0.25) is 0 Å². The van der Waals surface area contributed by atoms with Gasteiger partial charge in [-0.15, -0.1) is 0 Å². The first kappa shape index (κ1) is 11.1. The van der Waals surface area contributed by atoms with E-state index in [4.69, 9.17) is 5.73 Å². The van der Waals surface area contributed by atoms with E-state index in [1.54, 1.807) is 0 Å². The van der Waals surface area contributed by atoms with Gasteiger partial charge in [0.1, 0.15) is 5.82 Å². The van der Waals surface area contributed by atoms with E-state index in [0.717, 1.165) is 32.0 Å². The van der Waals surface area contributed by atoms with Crippen LogP contribution in [0, 0.1) is 11.6 Å². The van der Waals surface area contributed by atoms with Gasteiger partial charge in [0.15, 0.2) is 5.82 Å². The van der Waals surface area contributed by atoms with Crippen LogP contribution in [0.1, 0.15) is 12.8 Å². The molecule has 0 saturated carbocycles. The summed E-state index contributed by atoms with van der Waals surface area (Å²) in [4.78, 5) is 0. The zero-order chi connectivity index (χ0) is 11.5. The minimum absolute atomic E-state index is 0.0140. The van der Waals surface area contributed by atoms with E-state index in [9.17, 15) is 8.78 Å². The molecule has 3 nitrogen and oxygen atoms in total. The van der Waals surface area contributed by atoms with Gasteiger partial charge in [-0.05, 0) is 32.0 Å². The summed E-state index contributed by atoms with van der Waals surface area (Å²) in [5, 5.41) is 6.30. The molecule has 2 rings (SSSR count). The second-order valence-corrected chi connectivity index (χ2v) is 4.02. The van der Waals surface area contributed by atoms with E-state index in [1.165, 1.54) is 6.07 Å². The summed E-state index contributed by atoms with van der Waals surface area (Å²) in [6, 6.07) is 2.26. The van der Waals surface area contributed by atoms with Crippen molar-refractivity contribution in [3.63, 3.8) is 0 Å². The van der Waals surface area contributed by atoms with Crippen molar-refractivity contribution in [1.82, 2.24) is 5.32 Å². The van der Waals surface area contributed by atoms with Gasteiger partial charge >= 0.3 is 0 Å². The third-order valence-electron chi connectivity index (χ3n) is 2.79. The van der Waals surface area contributed by atoms with Crippen LogP contribution in [0.4, 0.5) is 20.2 Å². The Labute approximate surface area is 93.0 Å². The number of piperidine rings is 1. The maximum Gasteiger partial charge on any atom is 0.151 e. The van der Waals surface area contributed by atoms with Gasteiger partial charge in [0, 0.05) is 12.1 Å². The Morgan fingerprint density at radius 3 is 2.62 bits per heavy atom. The van der Waals surface area contributed by atoms with E-state index in [1.807, 2.05) is 0 Å². The molecule has 0 aliphatic carbocycles. The summed E-state index contributed by atoms with van der Waals surface area (Å²) in [6.07, 6.45) is 1.86. The predicted molar refractivity (Wildman–Crippen MR) is 60.3 cm³/mol. The quantitative estimate of drug-likeness (QED) is 0.674. The molecular formula is C11H15F2N3. The molecule has 4 N–H and O–H groups in total. The number of nitrogens with two attached hydrogens (primary N) is 1. The largest absolute Gasteiger partial charge is 0.395 e. The number of benzene rings is 1. The van der Waals surface area contributed by atoms with Crippen LogP contribution in [-0.4, -0.2) is 19.1 Å². The Balaban J connectivity index is 2.13. The highest BCUT2D eigenvalue weighted by molar-refractivity contribution is 5.67. The SMILES string of the molecule is Nc1c(F)cc(F)cc1NC1CCNCC1. The molecule has 16 heavy (non-hydrogen) atoms. The molecule has 0 amide bonds. The molecule has 1 aromatic carbocycles.